The van der Waals surface area contributed by atoms with Gasteiger partial charge >= 0.3 is 12.4 Å². The van der Waals surface area contributed by atoms with Crippen molar-refractivity contribution in [1.82, 2.24) is 10.2 Å². The molecule has 2 saturated carbocycles. The van der Waals surface area contributed by atoms with E-state index in [9.17, 15) is 26.3 Å². The number of aromatic nitrogens is 2. The quantitative estimate of drug-likeness (QED) is 0.497. The maximum Gasteiger partial charge on any atom is 0.435 e. The predicted octanol–water partition coefficient (Wildman–Crippen LogP) is 5.60. The summed E-state index contributed by atoms with van der Waals surface area (Å²) in [7, 11) is 0. The average Bonchev–Trinajstić information content (AvgIpc) is 3.57. The number of benzene rings is 1. The van der Waals surface area contributed by atoms with Gasteiger partial charge in [0.05, 0.1) is 6.61 Å². The van der Waals surface area contributed by atoms with Crippen molar-refractivity contribution in [2.75, 3.05) is 24.6 Å². The fraction of sp³-hybridized carbons (Fsp3) is 0.565. The van der Waals surface area contributed by atoms with Crippen LogP contribution in [0.15, 0.2) is 30.3 Å². The molecule has 34 heavy (non-hydrogen) atoms. The second-order valence-corrected chi connectivity index (χ2v) is 9.24. The topological polar surface area (TPSA) is 47.5 Å². The lowest BCUT2D eigenvalue weighted by atomic mass is 9.94. The summed E-state index contributed by atoms with van der Waals surface area (Å²) in [4.78, 5) is 1.87. The van der Waals surface area contributed by atoms with E-state index in [1.165, 1.54) is 18.2 Å². The lowest BCUT2D eigenvalue weighted by molar-refractivity contribution is -0.142. The molecule has 0 radical (unpaired) electrons. The van der Waals surface area contributed by atoms with E-state index in [4.69, 9.17) is 9.47 Å². The van der Waals surface area contributed by atoms with Crippen molar-refractivity contribution >= 4 is 5.82 Å². The van der Waals surface area contributed by atoms with Gasteiger partial charge in [-0.1, -0.05) is 6.07 Å². The first-order chi connectivity index (χ1) is 16.1. The molecule has 0 N–H and O–H groups in total. The highest BCUT2D eigenvalue weighted by Gasteiger charge is 2.45. The third-order valence-corrected chi connectivity index (χ3v) is 6.72. The van der Waals surface area contributed by atoms with Gasteiger partial charge in [0.1, 0.15) is 11.7 Å². The molecule has 3 fully saturated rings. The fourth-order valence-electron chi connectivity index (χ4n) is 4.81. The Morgan fingerprint density at radius 1 is 0.853 bits per heavy atom. The summed E-state index contributed by atoms with van der Waals surface area (Å²) in [5, 5.41) is 7.04. The van der Waals surface area contributed by atoms with E-state index in [-0.39, 0.29) is 42.0 Å². The van der Waals surface area contributed by atoms with Crippen LogP contribution in [0.1, 0.15) is 36.9 Å². The fourth-order valence-corrected chi connectivity index (χ4v) is 4.81. The third kappa shape index (κ3) is 4.74. The van der Waals surface area contributed by atoms with Crippen molar-refractivity contribution in [1.29, 1.82) is 0 Å². The molecule has 1 aliphatic heterocycles. The highest BCUT2D eigenvalue weighted by atomic mass is 19.4. The molecule has 2 heterocycles. The summed E-state index contributed by atoms with van der Waals surface area (Å²) >= 11 is 0. The van der Waals surface area contributed by atoms with Crippen molar-refractivity contribution in [3.63, 3.8) is 0 Å². The van der Waals surface area contributed by atoms with E-state index in [0.717, 1.165) is 37.8 Å². The van der Waals surface area contributed by atoms with E-state index >= 15 is 0 Å². The number of hydrogen-bond donors (Lipinski definition) is 0. The molecule has 2 unspecified atom stereocenters. The first-order valence-electron chi connectivity index (χ1n) is 11.2. The standard InChI is InChI=1S/C23H23F6N3O2/c24-22(25,26)16-2-1-3-17(21(16)33-12-13-4-5-13)34-20-14-6-7-15(20)11-32(10-14)19-9-8-18(30-31-19)23(27,28)29/h1-3,8-9,13-15,20H,4-7,10-12H2. The van der Waals surface area contributed by atoms with Gasteiger partial charge < -0.3 is 14.4 Å². The Hall–Kier alpha value is -2.72. The Labute approximate surface area is 192 Å². The zero-order valence-corrected chi connectivity index (χ0v) is 18.1. The molecule has 11 heteroatoms. The van der Waals surface area contributed by atoms with Gasteiger partial charge in [0, 0.05) is 24.9 Å². The Bertz CT molecular complexity index is 1010. The number of alkyl halides is 6. The van der Waals surface area contributed by atoms with Crippen LogP contribution < -0.4 is 14.4 Å². The molecule has 2 atom stereocenters. The van der Waals surface area contributed by atoms with Gasteiger partial charge in [0.25, 0.3) is 0 Å². The van der Waals surface area contributed by atoms with Gasteiger partial charge in [-0.3, -0.25) is 0 Å². The SMILES string of the molecule is FC(F)(F)c1ccc(N2CC3CCC(C2)C3Oc2cccc(C(F)(F)F)c2OCC2CC2)nn1. The van der Waals surface area contributed by atoms with Crippen molar-refractivity contribution in [3.05, 3.63) is 41.6 Å². The van der Waals surface area contributed by atoms with Crippen LogP contribution in [0.25, 0.3) is 0 Å². The van der Waals surface area contributed by atoms with Gasteiger partial charge in [-0.05, 0) is 55.9 Å². The van der Waals surface area contributed by atoms with Crippen molar-refractivity contribution in [3.8, 4) is 11.5 Å². The van der Waals surface area contributed by atoms with Crippen LogP contribution in [0.4, 0.5) is 32.2 Å². The predicted molar refractivity (Wildman–Crippen MR) is 110 cm³/mol. The van der Waals surface area contributed by atoms with Crippen molar-refractivity contribution in [2.45, 2.75) is 44.1 Å². The van der Waals surface area contributed by atoms with E-state index in [0.29, 0.717) is 18.9 Å². The van der Waals surface area contributed by atoms with E-state index in [2.05, 4.69) is 10.2 Å². The van der Waals surface area contributed by atoms with Crippen LogP contribution in [0.2, 0.25) is 0 Å². The molecule has 2 aromatic rings. The number of rotatable bonds is 6. The molecule has 1 aromatic heterocycles. The maximum absolute atomic E-state index is 13.6. The number of piperidine rings is 1. The number of nitrogens with zero attached hydrogens (tertiary/aromatic N) is 3. The first kappa shape index (κ1) is 23.0. The number of anilines is 1. The molecule has 184 valence electrons. The maximum atomic E-state index is 13.6. The molecular formula is C23H23F6N3O2. The molecular weight excluding hydrogens is 464 g/mol. The first-order valence-corrected chi connectivity index (χ1v) is 11.2. The summed E-state index contributed by atoms with van der Waals surface area (Å²) < 4.78 is 91.0. The van der Waals surface area contributed by atoms with E-state index in [1.54, 1.807) is 0 Å². The Morgan fingerprint density at radius 3 is 2.12 bits per heavy atom. The van der Waals surface area contributed by atoms with E-state index in [1.807, 2.05) is 4.90 Å². The number of halogens is 6. The van der Waals surface area contributed by atoms with Gasteiger partial charge in [-0.2, -0.15) is 26.3 Å². The highest BCUT2D eigenvalue weighted by Crippen LogP contribution is 2.46. The van der Waals surface area contributed by atoms with Crippen molar-refractivity contribution in [2.24, 2.45) is 17.8 Å². The zero-order valence-electron chi connectivity index (χ0n) is 18.1. The smallest absolute Gasteiger partial charge is 0.435 e. The molecule has 0 amide bonds. The van der Waals surface area contributed by atoms with Crippen LogP contribution in [0, 0.1) is 17.8 Å². The molecule has 3 aliphatic rings. The Morgan fingerprint density at radius 2 is 1.56 bits per heavy atom. The zero-order chi connectivity index (χ0) is 24.1. The summed E-state index contributed by atoms with van der Waals surface area (Å²) in [6, 6.07) is 6.02. The summed E-state index contributed by atoms with van der Waals surface area (Å²) in [5.74, 6) is 0.425. The molecule has 5 rings (SSSR count). The summed E-state index contributed by atoms with van der Waals surface area (Å²) in [5.41, 5.74) is -1.91. The second kappa shape index (κ2) is 8.49. The van der Waals surface area contributed by atoms with Gasteiger partial charge in [-0.25, -0.2) is 0 Å². The number of para-hydroxylation sites is 1. The normalized spacial score (nSPS) is 24.9. The van der Waals surface area contributed by atoms with Crippen LogP contribution in [0.3, 0.4) is 0 Å². The molecule has 2 aliphatic carbocycles. The third-order valence-electron chi connectivity index (χ3n) is 6.72. The molecule has 0 spiro atoms. The van der Waals surface area contributed by atoms with Crippen LogP contribution in [-0.2, 0) is 12.4 Å². The van der Waals surface area contributed by atoms with Crippen molar-refractivity contribution < 1.29 is 35.8 Å². The summed E-state index contributed by atoms with van der Waals surface area (Å²) in [6.45, 7) is 1.16. The largest absolute Gasteiger partial charge is 0.489 e. The second-order valence-electron chi connectivity index (χ2n) is 9.24. The number of fused-ring (bicyclic) bond motifs is 2. The van der Waals surface area contributed by atoms with Gasteiger partial charge in [0.15, 0.2) is 23.0 Å². The lowest BCUT2D eigenvalue weighted by Gasteiger charge is -2.38. The lowest BCUT2D eigenvalue weighted by Crippen LogP contribution is -2.47. The highest BCUT2D eigenvalue weighted by molar-refractivity contribution is 5.48. The number of hydrogen-bond acceptors (Lipinski definition) is 5. The minimum absolute atomic E-state index is 0.00586. The van der Waals surface area contributed by atoms with Crippen LogP contribution >= 0.6 is 0 Å². The monoisotopic (exact) mass is 487 g/mol. The number of ether oxygens (including phenoxy) is 2. The Balaban J connectivity index is 1.33. The average molecular weight is 487 g/mol. The van der Waals surface area contributed by atoms with Crippen LogP contribution in [0.5, 0.6) is 11.5 Å². The molecule has 5 nitrogen and oxygen atoms in total. The van der Waals surface area contributed by atoms with Gasteiger partial charge in [-0.15, -0.1) is 10.2 Å². The summed E-state index contributed by atoms with van der Waals surface area (Å²) in [6.07, 6.45) is -5.95. The minimum Gasteiger partial charge on any atom is -0.489 e. The minimum atomic E-state index is -4.57. The molecule has 1 saturated heterocycles. The van der Waals surface area contributed by atoms with E-state index < -0.39 is 23.6 Å². The molecule has 1 aromatic carbocycles. The van der Waals surface area contributed by atoms with Gasteiger partial charge in [0.2, 0.25) is 0 Å². The Kier molecular flexibility index (Phi) is 5.76. The van der Waals surface area contributed by atoms with Crippen LogP contribution in [-0.4, -0.2) is 36.0 Å². The molecule has 2 bridgehead atoms.